The highest BCUT2D eigenvalue weighted by atomic mass is 32.2. The zero-order valence-electron chi connectivity index (χ0n) is 12.5. The topological polar surface area (TPSA) is 68.0 Å². The largest absolute Gasteiger partial charge is 0.416 e. The zero-order valence-corrected chi connectivity index (χ0v) is 13.3. The smallest absolute Gasteiger partial charge is 0.277 e. The molecule has 22 heavy (non-hydrogen) atoms. The van der Waals surface area contributed by atoms with Crippen molar-refractivity contribution in [1.29, 1.82) is 0 Å². The van der Waals surface area contributed by atoms with Gasteiger partial charge in [0, 0.05) is 12.5 Å². The van der Waals surface area contributed by atoms with Gasteiger partial charge in [-0.25, -0.2) is 0 Å². The minimum atomic E-state index is 0.0323. The molecule has 3 rings (SSSR count). The maximum Gasteiger partial charge on any atom is 0.277 e. The fraction of sp³-hybridized carbons (Fsp3) is 0.438. The van der Waals surface area contributed by atoms with Crippen molar-refractivity contribution in [3.63, 3.8) is 0 Å². The summed E-state index contributed by atoms with van der Waals surface area (Å²) in [7, 11) is 0. The Kier molecular flexibility index (Phi) is 4.77. The molecular formula is C16H19N3O2S. The first-order valence-electron chi connectivity index (χ1n) is 7.50. The Morgan fingerprint density at radius 2 is 2.14 bits per heavy atom. The van der Waals surface area contributed by atoms with Gasteiger partial charge < -0.3 is 9.73 Å². The van der Waals surface area contributed by atoms with Crippen molar-refractivity contribution in [3.8, 4) is 0 Å². The molecule has 1 aromatic heterocycles. The van der Waals surface area contributed by atoms with Crippen LogP contribution in [0.15, 0.2) is 40.0 Å². The van der Waals surface area contributed by atoms with E-state index in [0.29, 0.717) is 35.2 Å². The number of hydrogen-bond acceptors (Lipinski definition) is 5. The molecule has 6 heteroatoms. The highest BCUT2D eigenvalue weighted by molar-refractivity contribution is 7.99. The van der Waals surface area contributed by atoms with Crippen LogP contribution in [0.2, 0.25) is 0 Å². The lowest BCUT2D eigenvalue weighted by Gasteiger charge is -2.08. The molecule has 1 atom stereocenters. The molecule has 0 radical (unpaired) electrons. The number of thioether (sulfide) groups is 1. The quantitative estimate of drug-likeness (QED) is 0.795. The van der Waals surface area contributed by atoms with Crippen molar-refractivity contribution < 1.29 is 9.21 Å². The van der Waals surface area contributed by atoms with Crippen LogP contribution in [0, 0.1) is 0 Å². The second kappa shape index (κ2) is 6.96. The maximum atomic E-state index is 11.6. The molecular weight excluding hydrogens is 298 g/mol. The predicted molar refractivity (Wildman–Crippen MR) is 84.7 cm³/mol. The average molecular weight is 317 g/mol. The van der Waals surface area contributed by atoms with Gasteiger partial charge in [0.25, 0.3) is 5.22 Å². The van der Waals surface area contributed by atoms with Crippen LogP contribution in [-0.4, -0.2) is 27.9 Å². The van der Waals surface area contributed by atoms with Gasteiger partial charge in [0.2, 0.25) is 11.8 Å². The molecule has 0 bridgehead atoms. The summed E-state index contributed by atoms with van der Waals surface area (Å²) in [5.41, 5.74) is 1.25. The molecule has 0 saturated heterocycles. The van der Waals surface area contributed by atoms with Crippen molar-refractivity contribution >= 4 is 17.7 Å². The summed E-state index contributed by atoms with van der Waals surface area (Å²) >= 11 is 1.29. The average Bonchev–Trinajstić information content (AvgIpc) is 3.23. The van der Waals surface area contributed by atoms with E-state index in [1.807, 2.05) is 18.2 Å². The van der Waals surface area contributed by atoms with Crippen molar-refractivity contribution in [3.05, 3.63) is 41.8 Å². The zero-order chi connectivity index (χ0) is 15.4. The lowest BCUT2D eigenvalue weighted by molar-refractivity contribution is -0.118. The molecule has 1 aliphatic carbocycles. The molecule has 1 saturated carbocycles. The first-order chi connectivity index (χ1) is 10.7. The molecule has 1 aliphatic rings. The third kappa shape index (κ3) is 4.34. The molecule has 116 valence electrons. The highest BCUT2D eigenvalue weighted by Crippen LogP contribution is 2.23. The van der Waals surface area contributed by atoms with Crippen LogP contribution in [0.25, 0.3) is 0 Å². The van der Waals surface area contributed by atoms with Gasteiger partial charge in [-0.15, -0.1) is 10.2 Å². The van der Waals surface area contributed by atoms with Crippen molar-refractivity contribution in [1.82, 2.24) is 15.5 Å². The Bertz CT molecular complexity index is 625. The van der Waals surface area contributed by atoms with E-state index < -0.39 is 0 Å². The Hall–Kier alpha value is -1.82. The lowest BCUT2D eigenvalue weighted by Crippen LogP contribution is -2.26. The maximum absolute atomic E-state index is 11.6. The van der Waals surface area contributed by atoms with Crippen LogP contribution in [0.4, 0.5) is 0 Å². The summed E-state index contributed by atoms with van der Waals surface area (Å²) in [6.07, 6.45) is 2.89. The summed E-state index contributed by atoms with van der Waals surface area (Å²) < 4.78 is 5.61. The third-order valence-electron chi connectivity index (χ3n) is 3.57. The molecule has 1 fully saturated rings. The predicted octanol–water partition coefficient (Wildman–Crippen LogP) is 2.79. The van der Waals surface area contributed by atoms with E-state index >= 15 is 0 Å². The number of nitrogens with zero attached hydrogens (tertiary/aromatic N) is 2. The summed E-state index contributed by atoms with van der Waals surface area (Å²) in [4.78, 5) is 11.6. The van der Waals surface area contributed by atoms with E-state index in [1.54, 1.807) is 0 Å². The fourth-order valence-electron chi connectivity index (χ4n) is 2.16. The monoisotopic (exact) mass is 317 g/mol. The van der Waals surface area contributed by atoms with Gasteiger partial charge in [0.1, 0.15) is 0 Å². The number of benzene rings is 1. The minimum absolute atomic E-state index is 0.0323. The number of hydrogen-bond donors (Lipinski definition) is 1. The van der Waals surface area contributed by atoms with Gasteiger partial charge in [-0.05, 0) is 24.3 Å². The molecule has 5 nitrogen and oxygen atoms in total. The van der Waals surface area contributed by atoms with Crippen LogP contribution in [0.3, 0.4) is 0 Å². The standard InChI is InChI=1S/C16H19N3O2S/c1-11(12-5-3-2-4-6-12)9-15-18-19-16(21-15)22-10-14(20)17-13-7-8-13/h2-6,11,13H,7-10H2,1H3,(H,17,20). The Balaban J connectivity index is 1.49. The number of carbonyl (C=O) groups is 1. The molecule has 1 N–H and O–H groups in total. The molecule has 1 unspecified atom stereocenters. The summed E-state index contributed by atoms with van der Waals surface area (Å²) in [5, 5.41) is 11.5. The molecule has 1 heterocycles. The Morgan fingerprint density at radius 1 is 1.36 bits per heavy atom. The van der Waals surface area contributed by atoms with Crippen LogP contribution in [-0.2, 0) is 11.2 Å². The second-order valence-electron chi connectivity index (χ2n) is 5.61. The fourth-order valence-corrected chi connectivity index (χ4v) is 2.76. The van der Waals surface area contributed by atoms with Gasteiger partial charge in [-0.1, -0.05) is 49.0 Å². The summed E-state index contributed by atoms with van der Waals surface area (Å²) in [6, 6.07) is 10.6. The number of amides is 1. The van der Waals surface area contributed by atoms with Gasteiger partial charge in [-0.2, -0.15) is 0 Å². The van der Waals surface area contributed by atoms with E-state index in [-0.39, 0.29) is 5.91 Å². The van der Waals surface area contributed by atoms with Gasteiger partial charge in [0.05, 0.1) is 5.75 Å². The van der Waals surface area contributed by atoms with E-state index in [9.17, 15) is 4.79 Å². The SMILES string of the molecule is CC(Cc1nnc(SCC(=O)NC2CC2)o1)c1ccccc1. The molecule has 0 aliphatic heterocycles. The van der Waals surface area contributed by atoms with Gasteiger partial charge in [0.15, 0.2) is 0 Å². The van der Waals surface area contributed by atoms with Crippen LogP contribution >= 0.6 is 11.8 Å². The van der Waals surface area contributed by atoms with E-state index in [0.717, 1.165) is 12.8 Å². The van der Waals surface area contributed by atoms with Crippen LogP contribution < -0.4 is 5.32 Å². The number of rotatable bonds is 7. The van der Waals surface area contributed by atoms with Gasteiger partial charge >= 0.3 is 0 Å². The van der Waals surface area contributed by atoms with E-state index in [4.69, 9.17) is 4.42 Å². The van der Waals surface area contributed by atoms with Crippen molar-refractivity contribution in [2.45, 2.75) is 43.4 Å². The summed E-state index contributed by atoms with van der Waals surface area (Å²) in [5.74, 6) is 1.29. The van der Waals surface area contributed by atoms with E-state index in [2.05, 4.69) is 34.6 Å². The second-order valence-corrected chi connectivity index (χ2v) is 6.53. The number of aromatic nitrogens is 2. The van der Waals surface area contributed by atoms with Crippen molar-refractivity contribution in [2.24, 2.45) is 0 Å². The molecule has 0 spiro atoms. The number of carbonyl (C=O) groups excluding carboxylic acids is 1. The molecule has 2 aromatic rings. The van der Waals surface area contributed by atoms with Crippen LogP contribution in [0.5, 0.6) is 0 Å². The first kappa shape index (κ1) is 15.1. The van der Waals surface area contributed by atoms with Crippen LogP contribution in [0.1, 0.15) is 37.1 Å². The Labute approximate surface area is 133 Å². The number of nitrogens with one attached hydrogen (secondary N) is 1. The van der Waals surface area contributed by atoms with Crippen molar-refractivity contribution in [2.75, 3.05) is 5.75 Å². The van der Waals surface area contributed by atoms with Gasteiger partial charge in [-0.3, -0.25) is 4.79 Å². The van der Waals surface area contributed by atoms with E-state index in [1.165, 1.54) is 17.3 Å². The minimum Gasteiger partial charge on any atom is -0.416 e. The third-order valence-corrected chi connectivity index (χ3v) is 4.39. The Morgan fingerprint density at radius 3 is 2.86 bits per heavy atom. The highest BCUT2D eigenvalue weighted by Gasteiger charge is 2.23. The molecule has 1 amide bonds. The summed E-state index contributed by atoms with van der Waals surface area (Å²) in [6.45, 7) is 2.13. The first-order valence-corrected chi connectivity index (χ1v) is 8.49. The molecule has 1 aromatic carbocycles. The normalized spacial score (nSPS) is 15.5. The lowest BCUT2D eigenvalue weighted by atomic mass is 9.98.